The highest BCUT2D eigenvalue weighted by molar-refractivity contribution is 5.66. The number of rotatable bonds is 3. The summed E-state index contributed by atoms with van der Waals surface area (Å²) in [6.07, 6.45) is 0.770. The summed E-state index contributed by atoms with van der Waals surface area (Å²) in [4.78, 5) is 11.7. The molecule has 0 aliphatic heterocycles. The van der Waals surface area contributed by atoms with Crippen LogP contribution in [0.5, 0.6) is 0 Å². The quantitative estimate of drug-likeness (QED) is 0.329. The van der Waals surface area contributed by atoms with Crippen molar-refractivity contribution in [2.75, 3.05) is 6.54 Å². The van der Waals surface area contributed by atoms with Gasteiger partial charge in [-0.1, -0.05) is 0 Å². The highest BCUT2D eigenvalue weighted by Crippen LogP contribution is 1.82. The van der Waals surface area contributed by atoms with Crippen LogP contribution in [0.1, 0.15) is 12.8 Å². The Kier molecular flexibility index (Phi) is 12.3. The summed E-state index contributed by atoms with van der Waals surface area (Å²) >= 11 is 0. The first-order valence-corrected chi connectivity index (χ1v) is 2.64. The van der Waals surface area contributed by atoms with E-state index in [1.54, 1.807) is 0 Å². The van der Waals surface area contributed by atoms with E-state index < -0.39 is 5.97 Å². The summed E-state index contributed by atoms with van der Waals surface area (Å²) in [7, 11) is 0. The van der Waals surface area contributed by atoms with Gasteiger partial charge in [0.15, 0.2) is 0 Å². The van der Waals surface area contributed by atoms with Gasteiger partial charge >= 0.3 is 5.97 Å². The maximum Gasteiger partial charge on any atom is 0.303 e. The summed E-state index contributed by atoms with van der Waals surface area (Å²) < 4.78 is 0. The molecule has 0 heterocycles. The van der Waals surface area contributed by atoms with Gasteiger partial charge in [0.2, 0.25) is 4.91 Å². The fourth-order valence-electron chi connectivity index (χ4n) is 0.253. The van der Waals surface area contributed by atoms with Crippen LogP contribution in [0.3, 0.4) is 0 Å². The smallest absolute Gasteiger partial charge is 0.303 e. The Morgan fingerprint density at radius 3 is 2.10 bits per heavy atom. The van der Waals surface area contributed by atoms with Crippen molar-refractivity contribution in [2.24, 2.45) is 5.73 Å². The molecule has 0 atom stereocenters. The van der Waals surface area contributed by atoms with Gasteiger partial charge in [0, 0.05) is 6.42 Å². The van der Waals surface area contributed by atoms with E-state index >= 15 is 0 Å². The number of nitrogens with zero attached hydrogens (tertiary/aromatic N) is 1. The predicted molar refractivity (Wildman–Crippen MR) is 33.5 cm³/mol. The lowest BCUT2D eigenvalue weighted by Gasteiger charge is -1.86. The van der Waals surface area contributed by atoms with E-state index in [2.05, 4.69) is 0 Å². The molecule has 0 saturated heterocycles. The van der Waals surface area contributed by atoms with Crippen LogP contribution in [0, 0.1) is 11.1 Å². The first-order chi connectivity index (χ1) is 4.68. The van der Waals surface area contributed by atoms with E-state index in [1.165, 1.54) is 0 Å². The van der Waals surface area contributed by atoms with E-state index in [-0.39, 0.29) is 6.42 Å². The van der Waals surface area contributed by atoms with E-state index in [0.29, 0.717) is 13.0 Å². The standard InChI is InChI=1S/C4H9NO2.H2N3/c5-3-1-2-4(6)7;1-3-2/h1-3,5H2,(H,6,7);1-2H/q;+1. The average Bonchev–Trinajstić information content (AvgIpc) is 1.85. The van der Waals surface area contributed by atoms with Gasteiger partial charge < -0.3 is 10.8 Å². The number of carboxylic acids is 1. The molecule has 0 rings (SSSR count). The molecular formula is C4H11N4O2+. The number of hydrogen-bond donors (Lipinski definition) is 4. The summed E-state index contributed by atoms with van der Waals surface area (Å²) in [6.45, 7) is 0.465. The second-order valence-electron chi connectivity index (χ2n) is 1.40. The van der Waals surface area contributed by atoms with Gasteiger partial charge in [0.1, 0.15) is 11.1 Å². The fraction of sp³-hybridized carbons (Fsp3) is 0.750. The monoisotopic (exact) mass is 147 g/mol. The molecule has 6 heteroatoms. The van der Waals surface area contributed by atoms with Gasteiger partial charge in [0.25, 0.3) is 0 Å². The van der Waals surface area contributed by atoms with Gasteiger partial charge in [-0.2, -0.15) is 0 Å². The second kappa shape index (κ2) is 10.7. The topological polar surface area (TPSA) is 125 Å². The molecule has 0 aromatic rings. The molecule has 5 N–H and O–H groups in total. The van der Waals surface area contributed by atoms with Crippen LogP contribution in [0.4, 0.5) is 0 Å². The fourth-order valence-corrected chi connectivity index (χ4v) is 0.253. The molecule has 0 aliphatic carbocycles. The maximum absolute atomic E-state index is 9.70. The lowest BCUT2D eigenvalue weighted by molar-refractivity contribution is -0.137. The van der Waals surface area contributed by atoms with Crippen LogP contribution in [0.25, 0.3) is 0 Å². The van der Waals surface area contributed by atoms with Crippen LogP contribution in [-0.4, -0.2) is 17.6 Å². The molecule has 58 valence electrons. The van der Waals surface area contributed by atoms with Crippen molar-refractivity contribution in [1.82, 2.24) is 4.91 Å². The Bertz CT molecular complexity index is 118. The molecule has 0 bridgehead atoms. The molecular weight excluding hydrogens is 136 g/mol. The third-order valence-electron chi connectivity index (χ3n) is 0.595. The van der Waals surface area contributed by atoms with Crippen LogP contribution in [-0.2, 0) is 4.79 Å². The summed E-state index contributed by atoms with van der Waals surface area (Å²) in [5.41, 5.74) is 16.0. The molecule has 0 aliphatic rings. The van der Waals surface area contributed by atoms with Gasteiger partial charge in [0.05, 0.1) is 0 Å². The SMILES string of the molecule is N=[N+]=N.NCCCC(=O)O. The molecule has 0 saturated carbocycles. The van der Waals surface area contributed by atoms with Crippen molar-refractivity contribution >= 4 is 5.97 Å². The molecule has 0 unspecified atom stereocenters. The Morgan fingerprint density at radius 2 is 2.00 bits per heavy atom. The molecule has 6 nitrogen and oxygen atoms in total. The van der Waals surface area contributed by atoms with Gasteiger partial charge in [-0.3, -0.25) is 4.79 Å². The number of nitrogens with one attached hydrogen (secondary N) is 2. The Morgan fingerprint density at radius 1 is 1.60 bits per heavy atom. The largest absolute Gasteiger partial charge is 0.481 e. The van der Waals surface area contributed by atoms with Crippen molar-refractivity contribution in [1.29, 1.82) is 11.1 Å². The van der Waals surface area contributed by atoms with Gasteiger partial charge in [-0.15, -0.1) is 0 Å². The molecule has 0 fully saturated rings. The highest BCUT2D eigenvalue weighted by atomic mass is 16.4. The minimum Gasteiger partial charge on any atom is -0.481 e. The van der Waals surface area contributed by atoms with Crippen LogP contribution in [0.15, 0.2) is 0 Å². The van der Waals surface area contributed by atoms with Gasteiger partial charge in [-0.05, 0) is 13.0 Å². The normalized spacial score (nSPS) is 6.90. The first kappa shape index (κ1) is 11.5. The van der Waals surface area contributed by atoms with Crippen molar-refractivity contribution in [2.45, 2.75) is 12.8 Å². The Hall–Kier alpha value is -1.26. The minimum absolute atomic E-state index is 0.191. The zero-order chi connectivity index (χ0) is 8.41. The third-order valence-corrected chi connectivity index (χ3v) is 0.595. The second-order valence-corrected chi connectivity index (χ2v) is 1.40. The van der Waals surface area contributed by atoms with Crippen LogP contribution >= 0.6 is 0 Å². The van der Waals surface area contributed by atoms with Gasteiger partial charge in [-0.25, -0.2) is 0 Å². The number of carboxylic acid groups (broad SMARTS) is 1. The van der Waals surface area contributed by atoms with Crippen molar-refractivity contribution in [3.63, 3.8) is 0 Å². The Labute approximate surface area is 58.1 Å². The van der Waals surface area contributed by atoms with Crippen LogP contribution < -0.4 is 10.6 Å². The zero-order valence-corrected chi connectivity index (χ0v) is 5.50. The number of hydrogen-bond acceptors (Lipinski definition) is 4. The van der Waals surface area contributed by atoms with E-state index in [0.717, 1.165) is 0 Å². The predicted octanol–water partition coefficient (Wildman–Crippen LogP) is -0.0746. The maximum atomic E-state index is 9.70. The molecule has 10 heavy (non-hydrogen) atoms. The zero-order valence-electron chi connectivity index (χ0n) is 5.50. The van der Waals surface area contributed by atoms with E-state index in [9.17, 15) is 4.79 Å². The summed E-state index contributed by atoms with van der Waals surface area (Å²) in [6, 6.07) is 0. The van der Waals surface area contributed by atoms with Crippen LogP contribution in [0.2, 0.25) is 0 Å². The molecule has 0 amide bonds. The Balaban J connectivity index is 0. The highest BCUT2D eigenvalue weighted by Gasteiger charge is 1.91. The van der Waals surface area contributed by atoms with E-state index in [4.69, 9.17) is 21.9 Å². The van der Waals surface area contributed by atoms with E-state index in [1.807, 2.05) is 4.91 Å². The molecule has 0 spiro atoms. The van der Waals surface area contributed by atoms with Crippen molar-refractivity contribution in [3.8, 4) is 0 Å². The summed E-state index contributed by atoms with van der Waals surface area (Å²) in [5, 5.41) is 7.99. The average molecular weight is 147 g/mol. The van der Waals surface area contributed by atoms with Crippen molar-refractivity contribution < 1.29 is 9.90 Å². The third kappa shape index (κ3) is 29.6. The number of aliphatic carboxylic acids is 1. The number of carbonyl (C=O) groups is 1. The lowest BCUT2D eigenvalue weighted by Crippen LogP contribution is -2.02. The molecule has 0 aromatic carbocycles. The molecule has 0 radical (unpaired) electrons. The molecule has 0 aromatic heterocycles. The minimum atomic E-state index is -0.773. The number of nitrogens with two attached hydrogens (primary N) is 1. The van der Waals surface area contributed by atoms with Crippen molar-refractivity contribution in [3.05, 3.63) is 0 Å². The first-order valence-electron chi connectivity index (χ1n) is 2.64. The lowest BCUT2D eigenvalue weighted by atomic mass is 10.3. The summed E-state index contributed by atoms with van der Waals surface area (Å²) in [5.74, 6) is -0.773.